The molecule has 0 fully saturated rings. The topological polar surface area (TPSA) is 26.0 Å². The van der Waals surface area contributed by atoms with Crippen LogP contribution in [0, 0.1) is 0 Å². The van der Waals surface area contributed by atoms with Crippen molar-refractivity contribution in [2.45, 2.75) is 32.7 Å². The van der Waals surface area contributed by atoms with Crippen LogP contribution in [0.4, 0.5) is 0 Å². The molecule has 0 unspecified atom stereocenters. The van der Waals surface area contributed by atoms with Gasteiger partial charge in [0, 0.05) is 11.9 Å². The zero-order valence-electron chi connectivity index (χ0n) is 12.3. The lowest BCUT2D eigenvalue weighted by Crippen LogP contribution is -2.12. The van der Waals surface area contributed by atoms with Crippen LogP contribution >= 0.6 is 12.2 Å². The van der Waals surface area contributed by atoms with Crippen LogP contribution in [0.25, 0.3) is 11.1 Å². The zero-order chi connectivity index (χ0) is 14.8. The van der Waals surface area contributed by atoms with Gasteiger partial charge in [-0.05, 0) is 33.2 Å². The average molecular weight is 283 g/mol. The van der Waals surface area contributed by atoms with Crippen molar-refractivity contribution in [3.05, 3.63) is 59.2 Å². The van der Waals surface area contributed by atoms with Crippen LogP contribution in [-0.4, -0.2) is 5.37 Å². The lowest BCUT2D eigenvalue weighted by molar-refractivity contribution is 0.589. The predicted molar refractivity (Wildman–Crippen MR) is 91.2 cm³/mol. The molecule has 0 bridgehead atoms. The number of benzene rings is 2. The molecular weight excluding hydrogens is 262 g/mol. The fourth-order valence-electron chi connectivity index (χ4n) is 2.34. The van der Waals surface area contributed by atoms with E-state index in [4.69, 9.17) is 18.0 Å². The third kappa shape index (κ3) is 2.97. The zero-order valence-corrected chi connectivity index (χ0v) is 13.1. The van der Waals surface area contributed by atoms with Gasteiger partial charge in [-0.1, -0.05) is 75.5 Å². The van der Waals surface area contributed by atoms with Gasteiger partial charge in [0.25, 0.3) is 0 Å². The highest BCUT2D eigenvalue weighted by Gasteiger charge is 2.16. The third-order valence-corrected chi connectivity index (χ3v) is 3.82. The maximum Gasteiger partial charge on any atom is 0.0184 e. The summed E-state index contributed by atoms with van der Waals surface area (Å²) in [6.07, 6.45) is 0. The molecule has 2 aromatic carbocycles. The van der Waals surface area contributed by atoms with Crippen LogP contribution < -0.4 is 5.73 Å². The average Bonchev–Trinajstić information content (AvgIpc) is 2.45. The Labute approximate surface area is 126 Å². The Morgan fingerprint density at radius 3 is 2.35 bits per heavy atom. The number of hydrogen-bond acceptors (Lipinski definition) is 2. The molecule has 0 radical (unpaired) electrons. The first-order valence-electron chi connectivity index (χ1n) is 6.85. The van der Waals surface area contributed by atoms with Crippen LogP contribution in [0.1, 0.15) is 37.5 Å². The van der Waals surface area contributed by atoms with Gasteiger partial charge in [-0.25, -0.2) is 0 Å². The SMILES string of the molecule is CC(C)(C)c1ccc(-c2ccccc2C=S)c(CN)c1. The summed E-state index contributed by atoms with van der Waals surface area (Å²) in [5.74, 6) is 0. The highest BCUT2D eigenvalue weighted by molar-refractivity contribution is 7.79. The Bertz CT molecular complexity index is 624. The summed E-state index contributed by atoms with van der Waals surface area (Å²) in [5, 5.41) is 1.73. The molecule has 0 saturated heterocycles. The first-order chi connectivity index (χ1) is 9.47. The lowest BCUT2D eigenvalue weighted by atomic mass is 9.84. The summed E-state index contributed by atoms with van der Waals surface area (Å²) >= 11 is 5.11. The van der Waals surface area contributed by atoms with Crippen molar-refractivity contribution < 1.29 is 0 Å². The number of hydrogen-bond donors (Lipinski definition) is 1. The Hall–Kier alpha value is -1.51. The van der Waals surface area contributed by atoms with Crippen molar-refractivity contribution in [2.24, 2.45) is 5.73 Å². The molecule has 0 aliphatic carbocycles. The van der Waals surface area contributed by atoms with E-state index in [0.29, 0.717) is 6.54 Å². The van der Waals surface area contributed by atoms with Crippen molar-refractivity contribution in [2.75, 3.05) is 0 Å². The quantitative estimate of drug-likeness (QED) is 0.842. The van der Waals surface area contributed by atoms with Gasteiger partial charge in [-0.15, -0.1) is 0 Å². The second-order valence-corrected chi connectivity index (χ2v) is 6.27. The van der Waals surface area contributed by atoms with Gasteiger partial charge in [-0.2, -0.15) is 0 Å². The van der Waals surface area contributed by atoms with Gasteiger partial charge in [-0.3, -0.25) is 0 Å². The summed E-state index contributed by atoms with van der Waals surface area (Å²) in [6.45, 7) is 7.18. The summed E-state index contributed by atoms with van der Waals surface area (Å²) in [7, 11) is 0. The molecule has 104 valence electrons. The van der Waals surface area contributed by atoms with E-state index in [1.54, 1.807) is 5.37 Å². The Morgan fingerprint density at radius 1 is 1.05 bits per heavy atom. The molecule has 2 heteroatoms. The Balaban J connectivity index is 2.60. The number of nitrogens with two attached hydrogens (primary N) is 1. The van der Waals surface area contributed by atoms with E-state index >= 15 is 0 Å². The molecule has 0 saturated carbocycles. The van der Waals surface area contributed by atoms with E-state index in [2.05, 4.69) is 45.0 Å². The minimum Gasteiger partial charge on any atom is -0.326 e. The van der Waals surface area contributed by atoms with Gasteiger partial charge in [0.2, 0.25) is 0 Å². The van der Waals surface area contributed by atoms with Crippen molar-refractivity contribution >= 4 is 17.6 Å². The van der Waals surface area contributed by atoms with Gasteiger partial charge >= 0.3 is 0 Å². The van der Waals surface area contributed by atoms with E-state index in [1.165, 1.54) is 16.7 Å². The standard InChI is InChI=1S/C18H21NS/c1-18(2,3)15-8-9-17(14(10-15)11-19)16-7-5-4-6-13(16)12-20/h4-10,12H,11,19H2,1-3H3. The van der Waals surface area contributed by atoms with E-state index in [1.807, 2.05) is 18.2 Å². The predicted octanol–water partition coefficient (Wildman–Crippen LogP) is 4.46. The smallest absolute Gasteiger partial charge is 0.0184 e. The highest BCUT2D eigenvalue weighted by atomic mass is 32.1. The first-order valence-corrected chi connectivity index (χ1v) is 7.32. The molecule has 0 atom stereocenters. The molecule has 2 aromatic rings. The molecule has 0 aromatic heterocycles. The maximum atomic E-state index is 5.96. The number of rotatable bonds is 3. The summed E-state index contributed by atoms with van der Waals surface area (Å²) in [4.78, 5) is 0. The summed E-state index contributed by atoms with van der Waals surface area (Å²) < 4.78 is 0. The monoisotopic (exact) mass is 283 g/mol. The summed E-state index contributed by atoms with van der Waals surface area (Å²) in [5.41, 5.74) is 12.0. The third-order valence-electron chi connectivity index (χ3n) is 3.57. The second kappa shape index (κ2) is 5.86. The molecule has 0 aliphatic rings. The van der Waals surface area contributed by atoms with Crippen molar-refractivity contribution in [1.82, 2.24) is 0 Å². The van der Waals surface area contributed by atoms with Crippen LogP contribution in [0.2, 0.25) is 0 Å². The molecule has 0 spiro atoms. The first kappa shape index (κ1) is 14.9. The largest absolute Gasteiger partial charge is 0.326 e. The molecule has 1 nitrogen and oxygen atoms in total. The van der Waals surface area contributed by atoms with Crippen LogP contribution in [-0.2, 0) is 12.0 Å². The lowest BCUT2D eigenvalue weighted by Gasteiger charge is -2.21. The second-order valence-electron chi connectivity index (χ2n) is 6.03. The molecule has 20 heavy (non-hydrogen) atoms. The van der Waals surface area contributed by atoms with Crippen LogP contribution in [0.5, 0.6) is 0 Å². The molecule has 0 amide bonds. The Kier molecular flexibility index (Phi) is 4.36. The van der Waals surface area contributed by atoms with Crippen molar-refractivity contribution in [1.29, 1.82) is 0 Å². The van der Waals surface area contributed by atoms with E-state index in [9.17, 15) is 0 Å². The van der Waals surface area contributed by atoms with Gasteiger partial charge in [0.15, 0.2) is 0 Å². The molecule has 0 aliphatic heterocycles. The van der Waals surface area contributed by atoms with E-state index in [-0.39, 0.29) is 5.41 Å². The normalized spacial score (nSPS) is 11.4. The van der Waals surface area contributed by atoms with E-state index in [0.717, 1.165) is 11.1 Å². The molecule has 2 N–H and O–H groups in total. The van der Waals surface area contributed by atoms with Crippen LogP contribution in [0.15, 0.2) is 42.5 Å². The van der Waals surface area contributed by atoms with Gasteiger partial charge in [0.05, 0.1) is 0 Å². The molecular formula is C18H21NS. The van der Waals surface area contributed by atoms with Gasteiger partial charge < -0.3 is 5.73 Å². The molecule has 2 rings (SSSR count). The minimum absolute atomic E-state index is 0.131. The fraction of sp³-hybridized carbons (Fsp3) is 0.278. The van der Waals surface area contributed by atoms with Gasteiger partial charge in [0.1, 0.15) is 0 Å². The van der Waals surface area contributed by atoms with Crippen molar-refractivity contribution in [3.63, 3.8) is 0 Å². The van der Waals surface area contributed by atoms with E-state index < -0.39 is 0 Å². The fourth-order valence-corrected chi connectivity index (χ4v) is 2.54. The summed E-state index contributed by atoms with van der Waals surface area (Å²) in [6, 6.07) is 14.8. The highest BCUT2D eigenvalue weighted by Crippen LogP contribution is 2.31. The number of thiocarbonyl (C=S) groups is 1. The minimum atomic E-state index is 0.131. The molecule has 0 heterocycles. The van der Waals surface area contributed by atoms with Crippen molar-refractivity contribution in [3.8, 4) is 11.1 Å². The maximum absolute atomic E-state index is 5.96. The Morgan fingerprint density at radius 2 is 1.75 bits per heavy atom. The van der Waals surface area contributed by atoms with Crippen LogP contribution in [0.3, 0.4) is 0 Å².